The maximum Gasteiger partial charge on any atom is 0.220 e. The van der Waals surface area contributed by atoms with Crippen LogP contribution in [0.2, 0.25) is 0 Å². The first-order chi connectivity index (χ1) is 14.0. The van der Waals surface area contributed by atoms with Crippen molar-refractivity contribution in [2.45, 2.75) is 90.7 Å². The van der Waals surface area contributed by atoms with Crippen LogP contribution in [-0.4, -0.2) is 23.2 Å². The fourth-order valence-electron chi connectivity index (χ4n) is 3.72. The number of hydrogen-bond donors (Lipinski definition) is 2. The molecule has 3 nitrogen and oxygen atoms in total. The number of amides is 1. The molecular formula is C26H41NO2. The molecule has 0 bridgehead atoms. The molecule has 1 amide bonds. The summed E-state index contributed by atoms with van der Waals surface area (Å²) in [6.07, 6.45) is 22.6. The summed E-state index contributed by atoms with van der Waals surface area (Å²) in [5.74, 6) is 0.475. The fourth-order valence-corrected chi connectivity index (χ4v) is 3.72. The minimum Gasteiger partial charge on any atom is -0.393 e. The third-order valence-corrected chi connectivity index (χ3v) is 5.52. The second-order valence-electron chi connectivity index (χ2n) is 8.16. The van der Waals surface area contributed by atoms with Crippen molar-refractivity contribution in [3.8, 4) is 0 Å². The summed E-state index contributed by atoms with van der Waals surface area (Å²) >= 11 is 0. The zero-order chi connectivity index (χ0) is 21.5. The third kappa shape index (κ3) is 11.7. The van der Waals surface area contributed by atoms with Gasteiger partial charge in [-0.1, -0.05) is 68.0 Å². The molecule has 3 heteroatoms. The van der Waals surface area contributed by atoms with Crippen LogP contribution in [-0.2, 0) is 4.79 Å². The van der Waals surface area contributed by atoms with E-state index in [1.54, 1.807) is 0 Å². The highest BCUT2D eigenvalue weighted by atomic mass is 16.3. The monoisotopic (exact) mass is 399 g/mol. The Balaban J connectivity index is 2.59. The van der Waals surface area contributed by atoms with E-state index in [0.717, 1.165) is 56.9 Å². The number of carbonyl (C=O) groups is 1. The van der Waals surface area contributed by atoms with Gasteiger partial charge in [-0.3, -0.25) is 4.79 Å². The molecule has 0 heterocycles. The average Bonchev–Trinajstić information content (AvgIpc) is 2.71. The highest BCUT2D eigenvalue weighted by Gasteiger charge is 2.17. The highest BCUT2D eigenvalue weighted by Crippen LogP contribution is 2.21. The van der Waals surface area contributed by atoms with Gasteiger partial charge in [0.05, 0.1) is 12.1 Å². The van der Waals surface area contributed by atoms with E-state index in [-0.39, 0.29) is 18.1 Å². The van der Waals surface area contributed by atoms with E-state index >= 15 is 0 Å². The molecule has 2 N–H and O–H groups in total. The summed E-state index contributed by atoms with van der Waals surface area (Å²) in [7, 11) is 0. The topological polar surface area (TPSA) is 49.3 Å². The Hall–Kier alpha value is -1.87. The van der Waals surface area contributed by atoms with Gasteiger partial charge in [0.2, 0.25) is 5.91 Å². The van der Waals surface area contributed by atoms with Gasteiger partial charge in [0.25, 0.3) is 0 Å². The normalized spacial score (nSPS) is 17.3. The molecule has 0 aromatic carbocycles. The first kappa shape index (κ1) is 25.2. The first-order valence-corrected chi connectivity index (χ1v) is 11.3. The lowest BCUT2D eigenvalue weighted by Gasteiger charge is -2.21. The fraction of sp³-hybridized carbons (Fsp3) is 0.577. The van der Waals surface area contributed by atoms with Gasteiger partial charge in [0, 0.05) is 6.42 Å². The summed E-state index contributed by atoms with van der Waals surface area (Å²) in [6.45, 7) is 10.1. The Morgan fingerprint density at radius 3 is 2.76 bits per heavy atom. The van der Waals surface area contributed by atoms with Crippen molar-refractivity contribution >= 4 is 5.91 Å². The zero-order valence-corrected chi connectivity index (χ0v) is 18.7. The van der Waals surface area contributed by atoms with Crippen LogP contribution in [0.5, 0.6) is 0 Å². The van der Waals surface area contributed by atoms with Crippen LogP contribution >= 0.6 is 0 Å². The smallest absolute Gasteiger partial charge is 0.220 e. The van der Waals surface area contributed by atoms with Crippen LogP contribution in [0, 0.1) is 5.92 Å². The molecule has 0 aromatic heterocycles. The van der Waals surface area contributed by atoms with Crippen molar-refractivity contribution in [1.82, 2.24) is 5.32 Å². The third-order valence-electron chi connectivity index (χ3n) is 5.52. The molecule has 0 radical (unpaired) electrons. The predicted octanol–water partition coefficient (Wildman–Crippen LogP) is 6.18. The van der Waals surface area contributed by atoms with Crippen molar-refractivity contribution in [3.63, 3.8) is 0 Å². The van der Waals surface area contributed by atoms with Gasteiger partial charge in [-0.05, 0) is 70.3 Å². The summed E-state index contributed by atoms with van der Waals surface area (Å²) in [4.78, 5) is 12.6. The number of hydrogen-bond acceptors (Lipinski definition) is 2. The number of allylic oxidation sites excluding steroid dienone is 7. The second kappa shape index (κ2) is 15.0. The Kier molecular flexibility index (Phi) is 13.0. The Morgan fingerprint density at radius 1 is 1.34 bits per heavy atom. The Morgan fingerprint density at radius 2 is 2.14 bits per heavy atom. The second-order valence-corrected chi connectivity index (χ2v) is 8.16. The van der Waals surface area contributed by atoms with Crippen molar-refractivity contribution in [1.29, 1.82) is 0 Å². The largest absolute Gasteiger partial charge is 0.393 e. The lowest BCUT2D eigenvalue weighted by Crippen LogP contribution is -2.36. The van der Waals surface area contributed by atoms with Crippen LogP contribution in [0.15, 0.2) is 60.3 Å². The molecule has 1 aliphatic rings. The number of carbonyl (C=O) groups excluding carboxylic acids is 1. The molecule has 0 aromatic rings. The van der Waals surface area contributed by atoms with E-state index < -0.39 is 0 Å². The number of nitrogens with one attached hydrogen (secondary N) is 1. The Bertz CT molecular complexity index is 610. The van der Waals surface area contributed by atoms with Crippen molar-refractivity contribution in [2.24, 2.45) is 5.92 Å². The molecule has 0 saturated carbocycles. The molecule has 3 atom stereocenters. The molecular weight excluding hydrogens is 358 g/mol. The van der Waals surface area contributed by atoms with Crippen molar-refractivity contribution in [3.05, 3.63) is 60.3 Å². The molecule has 162 valence electrons. The molecule has 0 spiro atoms. The van der Waals surface area contributed by atoms with Gasteiger partial charge < -0.3 is 10.4 Å². The van der Waals surface area contributed by atoms with E-state index in [0.29, 0.717) is 12.3 Å². The number of aliphatic hydroxyl groups excluding tert-OH is 1. The Labute approximate surface area is 178 Å². The van der Waals surface area contributed by atoms with E-state index in [2.05, 4.69) is 37.0 Å². The quantitative estimate of drug-likeness (QED) is 0.342. The number of rotatable bonds is 14. The van der Waals surface area contributed by atoms with Crippen LogP contribution < -0.4 is 5.32 Å². The summed E-state index contributed by atoms with van der Waals surface area (Å²) in [5, 5.41) is 12.8. The van der Waals surface area contributed by atoms with Gasteiger partial charge in [0.1, 0.15) is 0 Å². The van der Waals surface area contributed by atoms with Crippen LogP contribution in [0.4, 0.5) is 0 Å². The maximum atomic E-state index is 12.6. The van der Waals surface area contributed by atoms with Gasteiger partial charge in [-0.25, -0.2) is 0 Å². The van der Waals surface area contributed by atoms with Crippen molar-refractivity contribution in [2.75, 3.05) is 0 Å². The van der Waals surface area contributed by atoms with E-state index in [1.165, 1.54) is 5.57 Å². The molecule has 3 unspecified atom stereocenters. The van der Waals surface area contributed by atoms with Gasteiger partial charge in [0.15, 0.2) is 0 Å². The molecule has 1 aliphatic carbocycles. The molecule has 1 rings (SSSR count). The predicted molar refractivity (Wildman–Crippen MR) is 125 cm³/mol. The van der Waals surface area contributed by atoms with E-state index in [9.17, 15) is 9.90 Å². The number of aliphatic hydroxyl groups is 1. The van der Waals surface area contributed by atoms with Crippen LogP contribution in [0.3, 0.4) is 0 Å². The molecule has 29 heavy (non-hydrogen) atoms. The highest BCUT2D eigenvalue weighted by molar-refractivity contribution is 5.76. The SMILES string of the molecule is C=C(/C=C\C=C/C)C(CCCC1=CC=CCC1)NC(=O)CCC(CC)CC(C)O. The minimum atomic E-state index is -0.309. The molecule has 0 fully saturated rings. The summed E-state index contributed by atoms with van der Waals surface area (Å²) in [6, 6.07) is -0.0272. The maximum absolute atomic E-state index is 12.6. The zero-order valence-electron chi connectivity index (χ0n) is 18.7. The summed E-state index contributed by atoms with van der Waals surface area (Å²) in [5.41, 5.74) is 2.45. The standard InChI is InChI=1S/C26H41NO2/c1-5-7-9-13-21(3)25(17-12-16-24-14-10-8-11-15-24)27-26(29)19-18-23(6-2)20-22(4)28/h5,7-10,13-14,22-23,25,28H,3,6,11-12,15-20H2,1-2,4H3,(H,27,29)/b7-5-,13-9-. The van der Waals surface area contributed by atoms with Crippen LogP contribution in [0.25, 0.3) is 0 Å². The first-order valence-electron chi connectivity index (χ1n) is 11.3. The minimum absolute atomic E-state index is 0.0272. The molecule has 0 aliphatic heterocycles. The summed E-state index contributed by atoms with van der Waals surface area (Å²) < 4.78 is 0. The molecule has 0 saturated heterocycles. The van der Waals surface area contributed by atoms with Crippen LogP contribution in [0.1, 0.15) is 78.6 Å². The van der Waals surface area contributed by atoms with E-state index in [1.807, 2.05) is 38.2 Å². The van der Waals surface area contributed by atoms with Gasteiger partial charge in [-0.15, -0.1) is 0 Å². The van der Waals surface area contributed by atoms with Gasteiger partial charge in [-0.2, -0.15) is 0 Å². The lowest BCUT2D eigenvalue weighted by atomic mass is 9.93. The van der Waals surface area contributed by atoms with Crippen molar-refractivity contribution < 1.29 is 9.90 Å². The van der Waals surface area contributed by atoms with E-state index in [4.69, 9.17) is 0 Å². The lowest BCUT2D eigenvalue weighted by molar-refractivity contribution is -0.122. The average molecular weight is 400 g/mol. The van der Waals surface area contributed by atoms with Gasteiger partial charge >= 0.3 is 0 Å².